The van der Waals surface area contributed by atoms with Gasteiger partial charge in [0.15, 0.2) is 0 Å². The first-order valence-corrected chi connectivity index (χ1v) is 6.52. The summed E-state index contributed by atoms with van der Waals surface area (Å²) in [5.41, 5.74) is 1.04. The number of benzene rings is 1. The number of hydrogen-bond donors (Lipinski definition) is 4. The normalized spacial score (nSPS) is 34.2. The maximum atomic E-state index is 9.96. The zero-order valence-corrected chi connectivity index (χ0v) is 10.9. The van der Waals surface area contributed by atoms with Gasteiger partial charge in [0.1, 0.15) is 12.2 Å². The molecule has 1 aliphatic heterocycles. The summed E-state index contributed by atoms with van der Waals surface area (Å²) in [7, 11) is 0. The van der Waals surface area contributed by atoms with E-state index in [1.165, 1.54) is 0 Å². The highest BCUT2D eigenvalue weighted by Gasteiger charge is 2.42. The lowest BCUT2D eigenvalue weighted by Gasteiger charge is -2.46. The molecule has 1 heterocycles. The van der Waals surface area contributed by atoms with Crippen LogP contribution >= 0.6 is 0 Å². The maximum Gasteiger partial charge on any atom is 0.109 e. The summed E-state index contributed by atoms with van der Waals surface area (Å²) in [4.78, 5) is 1.83. The Morgan fingerprint density at radius 2 is 1.79 bits per heavy atom. The monoisotopic (exact) mass is 267 g/mol. The number of nitrogens with zero attached hydrogens (tertiary/aromatic N) is 1. The Morgan fingerprint density at radius 3 is 2.37 bits per heavy atom. The molecule has 0 aliphatic carbocycles. The summed E-state index contributed by atoms with van der Waals surface area (Å²) in [6.07, 6.45) is -3.37. The molecule has 1 aromatic carbocycles. The molecule has 5 atom stereocenters. The standard InChI is InChI=1S/C14H21NO4/c1-9(10-5-3-2-4-6-10)15-7-12(17)14(19)13(18)11(15)8-16/h2-6,9,11-14,16-19H,7-8H2,1H3. The molecule has 2 rings (SSSR count). The second kappa shape index (κ2) is 5.98. The molecule has 1 aromatic rings. The van der Waals surface area contributed by atoms with Gasteiger partial charge in [0.25, 0.3) is 0 Å². The van der Waals surface area contributed by atoms with E-state index in [0.29, 0.717) is 0 Å². The van der Waals surface area contributed by atoms with E-state index in [1.54, 1.807) is 0 Å². The first-order valence-electron chi connectivity index (χ1n) is 6.52. The summed E-state index contributed by atoms with van der Waals surface area (Å²) in [5, 5.41) is 38.9. The number of β-amino-alcohol motifs (C(OH)–C–C–N with tert-alkyl or cyclic N) is 1. The molecule has 0 spiro atoms. The van der Waals surface area contributed by atoms with Gasteiger partial charge in [0, 0.05) is 12.6 Å². The van der Waals surface area contributed by atoms with E-state index in [2.05, 4.69) is 0 Å². The van der Waals surface area contributed by atoms with E-state index in [1.807, 2.05) is 42.2 Å². The maximum absolute atomic E-state index is 9.96. The molecular formula is C14H21NO4. The average molecular weight is 267 g/mol. The number of likely N-dealkylation sites (tertiary alicyclic amines) is 1. The highest BCUT2D eigenvalue weighted by Crippen LogP contribution is 2.28. The molecule has 1 fully saturated rings. The van der Waals surface area contributed by atoms with Crippen molar-refractivity contribution in [1.29, 1.82) is 0 Å². The Balaban J connectivity index is 2.22. The fourth-order valence-corrected chi connectivity index (χ4v) is 2.69. The minimum absolute atomic E-state index is 0.0600. The second-order valence-electron chi connectivity index (χ2n) is 5.08. The average Bonchev–Trinajstić information content (AvgIpc) is 2.44. The SMILES string of the molecule is CC(c1ccccc1)N1CC(O)C(O)C(O)C1CO. The molecule has 0 radical (unpaired) electrons. The lowest BCUT2D eigenvalue weighted by atomic mass is 9.91. The van der Waals surface area contributed by atoms with Crippen LogP contribution in [0, 0.1) is 0 Å². The van der Waals surface area contributed by atoms with Gasteiger partial charge in [0.05, 0.1) is 18.8 Å². The van der Waals surface area contributed by atoms with Gasteiger partial charge in [-0.1, -0.05) is 30.3 Å². The van der Waals surface area contributed by atoms with Crippen molar-refractivity contribution in [2.24, 2.45) is 0 Å². The molecule has 0 amide bonds. The lowest BCUT2D eigenvalue weighted by molar-refractivity contribution is -0.153. The molecule has 5 unspecified atom stereocenters. The van der Waals surface area contributed by atoms with Gasteiger partial charge in [0.2, 0.25) is 0 Å². The number of hydrogen-bond acceptors (Lipinski definition) is 5. The van der Waals surface area contributed by atoms with Gasteiger partial charge < -0.3 is 20.4 Å². The first kappa shape index (κ1) is 14.4. The van der Waals surface area contributed by atoms with Crippen LogP contribution in [-0.4, -0.2) is 62.8 Å². The van der Waals surface area contributed by atoms with E-state index >= 15 is 0 Å². The smallest absolute Gasteiger partial charge is 0.109 e. The van der Waals surface area contributed by atoms with Gasteiger partial charge >= 0.3 is 0 Å². The van der Waals surface area contributed by atoms with Crippen molar-refractivity contribution < 1.29 is 20.4 Å². The predicted molar refractivity (Wildman–Crippen MR) is 70.5 cm³/mol. The Kier molecular flexibility index (Phi) is 4.54. The van der Waals surface area contributed by atoms with Crippen molar-refractivity contribution in [3.63, 3.8) is 0 Å². The van der Waals surface area contributed by atoms with Gasteiger partial charge in [-0.25, -0.2) is 0 Å². The quantitative estimate of drug-likeness (QED) is 0.594. The third-order valence-corrected chi connectivity index (χ3v) is 3.93. The van der Waals surface area contributed by atoms with Crippen molar-refractivity contribution >= 4 is 0 Å². The van der Waals surface area contributed by atoms with Crippen LogP contribution in [0.3, 0.4) is 0 Å². The topological polar surface area (TPSA) is 84.2 Å². The van der Waals surface area contributed by atoms with Gasteiger partial charge in [-0.15, -0.1) is 0 Å². The third kappa shape index (κ3) is 2.80. The van der Waals surface area contributed by atoms with Crippen LogP contribution in [0.2, 0.25) is 0 Å². The third-order valence-electron chi connectivity index (χ3n) is 3.93. The van der Waals surface area contributed by atoms with Crippen LogP contribution in [0.15, 0.2) is 30.3 Å². The molecule has 0 saturated carbocycles. The number of aliphatic hydroxyl groups excluding tert-OH is 4. The van der Waals surface area contributed by atoms with Gasteiger partial charge in [-0.3, -0.25) is 4.90 Å². The molecule has 0 aromatic heterocycles. The Bertz CT molecular complexity index is 400. The van der Waals surface area contributed by atoms with Crippen molar-refractivity contribution in [3.8, 4) is 0 Å². The molecule has 106 valence electrons. The molecule has 1 saturated heterocycles. The van der Waals surface area contributed by atoms with E-state index in [4.69, 9.17) is 0 Å². The molecule has 0 bridgehead atoms. The molecule has 4 N–H and O–H groups in total. The van der Waals surface area contributed by atoms with Crippen molar-refractivity contribution in [3.05, 3.63) is 35.9 Å². The Morgan fingerprint density at radius 1 is 1.16 bits per heavy atom. The van der Waals surface area contributed by atoms with Crippen LogP contribution < -0.4 is 0 Å². The first-order chi connectivity index (χ1) is 9.06. The summed E-state index contributed by atoms with van der Waals surface area (Å²) in [5.74, 6) is 0. The minimum Gasteiger partial charge on any atom is -0.395 e. The van der Waals surface area contributed by atoms with Crippen molar-refractivity contribution in [2.45, 2.75) is 37.3 Å². The fourth-order valence-electron chi connectivity index (χ4n) is 2.69. The number of rotatable bonds is 3. The fraction of sp³-hybridized carbons (Fsp3) is 0.571. The number of piperidine rings is 1. The van der Waals surface area contributed by atoms with Crippen LogP contribution in [0.4, 0.5) is 0 Å². The van der Waals surface area contributed by atoms with Crippen LogP contribution in [-0.2, 0) is 0 Å². The summed E-state index contributed by atoms with van der Waals surface area (Å²) >= 11 is 0. The predicted octanol–water partition coefficient (Wildman–Crippen LogP) is -0.493. The van der Waals surface area contributed by atoms with Crippen molar-refractivity contribution in [1.82, 2.24) is 4.90 Å². The highest BCUT2D eigenvalue weighted by atomic mass is 16.4. The van der Waals surface area contributed by atoms with E-state index in [-0.39, 0.29) is 19.2 Å². The van der Waals surface area contributed by atoms with E-state index in [0.717, 1.165) is 5.56 Å². The van der Waals surface area contributed by atoms with Gasteiger partial charge in [-0.2, -0.15) is 0 Å². The Labute approximate surface area is 112 Å². The summed E-state index contributed by atoms with van der Waals surface area (Å²) in [6.45, 7) is 1.91. The molecular weight excluding hydrogens is 246 g/mol. The van der Waals surface area contributed by atoms with E-state index < -0.39 is 24.4 Å². The second-order valence-corrected chi connectivity index (χ2v) is 5.08. The molecule has 19 heavy (non-hydrogen) atoms. The number of aliphatic hydroxyl groups is 4. The lowest BCUT2D eigenvalue weighted by Crippen LogP contribution is -2.62. The zero-order chi connectivity index (χ0) is 14.0. The summed E-state index contributed by atoms with van der Waals surface area (Å²) in [6, 6.07) is 9.05. The van der Waals surface area contributed by atoms with Gasteiger partial charge in [-0.05, 0) is 12.5 Å². The Hall–Kier alpha value is -0.980. The van der Waals surface area contributed by atoms with Crippen LogP contribution in [0.5, 0.6) is 0 Å². The van der Waals surface area contributed by atoms with E-state index in [9.17, 15) is 20.4 Å². The zero-order valence-electron chi connectivity index (χ0n) is 10.9. The van der Waals surface area contributed by atoms with Crippen LogP contribution in [0.1, 0.15) is 18.5 Å². The summed E-state index contributed by atoms with van der Waals surface area (Å²) < 4.78 is 0. The largest absolute Gasteiger partial charge is 0.395 e. The minimum atomic E-state index is -1.21. The van der Waals surface area contributed by atoms with Crippen molar-refractivity contribution in [2.75, 3.05) is 13.2 Å². The molecule has 1 aliphatic rings. The van der Waals surface area contributed by atoms with Crippen LogP contribution in [0.25, 0.3) is 0 Å². The molecule has 5 heteroatoms. The molecule has 5 nitrogen and oxygen atoms in total. The highest BCUT2D eigenvalue weighted by molar-refractivity contribution is 5.19.